The first-order valence-corrected chi connectivity index (χ1v) is 10.8. The standard InChI is InChI=1S/C24H23BrN2O4/c1-26(2)12-5-13-27-21(15-8-10-17(25)11-9-15)20(23(29)24(27)30)22(28)19-14-16-6-3-4-7-18(16)31-19/h3-4,6-11,14,21,29H,5,12-13H2,1-2H3/t21-/m1/s1. The third-order valence-corrected chi connectivity index (χ3v) is 5.92. The van der Waals surface area contributed by atoms with Crippen molar-refractivity contribution in [1.82, 2.24) is 9.80 Å². The van der Waals surface area contributed by atoms with Gasteiger partial charge in [-0.25, -0.2) is 0 Å². The maximum absolute atomic E-state index is 13.4. The number of Topliss-reactive ketones (excluding diaryl/α,β-unsaturated/α-hetero) is 1. The molecule has 0 unspecified atom stereocenters. The summed E-state index contributed by atoms with van der Waals surface area (Å²) in [5.41, 5.74) is 1.39. The highest BCUT2D eigenvalue weighted by Crippen LogP contribution is 2.40. The van der Waals surface area contributed by atoms with E-state index in [1.165, 1.54) is 0 Å². The second-order valence-electron chi connectivity index (χ2n) is 7.85. The van der Waals surface area contributed by atoms with Crippen molar-refractivity contribution in [2.24, 2.45) is 0 Å². The number of halogens is 1. The number of carbonyl (C=O) groups excluding carboxylic acids is 2. The highest BCUT2D eigenvalue weighted by molar-refractivity contribution is 9.10. The number of rotatable bonds is 7. The van der Waals surface area contributed by atoms with Crippen molar-refractivity contribution in [2.75, 3.05) is 27.2 Å². The van der Waals surface area contributed by atoms with Crippen LogP contribution in [0.4, 0.5) is 0 Å². The van der Waals surface area contributed by atoms with Gasteiger partial charge in [0.25, 0.3) is 5.91 Å². The fourth-order valence-corrected chi connectivity index (χ4v) is 4.16. The number of aliphatic hydroxyl groups is 1. The number of furan rings is 1. The summed E-state index contributed by atoms with van der Waals surface area (Å²) in [6.07, 6.45) is 0.713. The lowest BCUT2D eigenvalue weighted by molar-refractivity contribution is -0.129. The number of fused-ring (bicyclic) bond motifs is 1. The molecule has 2 aromatic carbocycles. The maximum Gasteiger partial charge on any atom is 0.290 e. The summed E-state index contributed by atoms with van der Waals surface area (Å²) >= 11 is 3.42. The van der Waals surface area contributed by atoms with Gasteiger partial charge in [0.15, 0.2) is 11.5 Å². The fourth-order valence-electron chi connectivity index (χ4n) is 3.89. The van der Waals surface area contributed by atoms with Gasteiger partial charge in [0.05, 0.1) is 11.6 Å². The van der Waals surface area contributed by atoms with Gasteiger partial charge in [-0.1, -0.05) is 46.3 Å². The molecule has 2 heterocycles. The zero-order valence-electron chi connectivity index (χ0n) is 17.3. The molecule has 1 aliphatic heterocycles. The molecule has 0 bridgehead atoms. The first-order chi connectivity index (χ1) is 14.9. The van der Waals surface area contributed by atoms with Gasteiger partial charge in [-0.2, -0.15) is 0 Å². The predicted octanol–water partition coefficient (Wildman–Crippen LogP) is 4.73. The van der Waals surface area contributed by atoms with E-state index in [2.05, 4.69) is 15.9 Å². The molecule has 1 amide bonds. The Hall–Kier alpha value is -2.90. The molecule has 0 saturated carbocycles. The van der Waals surface area contributed by atoms with Crippen molar-refractivity contribution in [3.05, 3.63) is 81.7 Å². The maximum atomic E-state index is 13.4. The normalized spacial score (nSPS) is 16.7. The molecule has 0 aliphatic carbocycles. The smallest absolute Gasteiger partial charge is 0.290 e. The van der Waals surface area contributed by atoms with E-state index in [1.54, 1.807) is 17.0 Å². The summed E-state index contributed by atoms with van der Waals surface area (Å²) in [4.78, 5) is 30.0. The number of benzene rings is 2. The van der Waals surface area contributed by atoms with Crippen molar-refractivity contribution < 1.29 is 19.1 Å². The minimum atomic E-state index is -0.677. The van der Waals surface area contributed by atoms with Gasteiger partial charge in [0.2, 0.25) is 5.78 Å². The fraction of sp³-hybridized carbons (Fsp3) is 0.250. The Kier molecular flexibility index (Phi) is 5.98. The molecule has 0 radical (unpaired) electrons. The van der Waals surface area contributed by atoms with Crippen molar-refractivity contribution in [3.8, 4) is 0 Å². The predicted molar refractivity (Wildman–Crippen MR) is 122 cm³/mol. The molecular weight excluding hydrogens is 460 g/mol. The lowest BCUT2D eigenvalue weighted by atomic mass is 9.95. The number of hydrogen-bond acceptors (Lipinski definition) is 5. The Labute approximate surface area is 188 Å². The SMILES string of the molecule is CN(C)CCCN1C(=O)C(O)=C(C(=O)c2cc3ccccc3o2)[C@H]1c1ccc(Br)cc1. The molecule has 4 rings (SSSR count). The molecular formula is C24H23BrN2O4. The molecule has 6 nitrogen and oxygen atoms in total. The first kappa shape index (κ1) is 21.3. The molecule has 1 aliphatic rings. The van der Waals surface area contributed by atoms with Crippen LogP contribution in [0.25, 0.3) is 11.0 Å². The van der Waals surface area contributed by atoms with Gasteiger partial charge in [-0.05, 0) is 56.9 Å². The molecule has 0 spiro atoms. The lowest BCUT2D eigenvalue weighted by Crippen LogP contribution is -2.33. The van der Waals surface area contributed by atoms with E-state index in [9.17, 15) is 14.7 Å². The summed E-state index contributed by atoms with van der Waals surface area (Å²) in [5, 5.41) is 11.5. The van der Waals surface area contributed by atoms with Crippen LogP contribution in [0.1, 0.15) is 28.6 Å². The topological polar surface area (TPSA) is 74.0 Å². The van der Waals surface area contributed by atoms with Crippen LogP contribution < -0.4 is 0 Å². The van der Waals surface area contributed by atoms with Gasteiger partial charge in [-0.3, -0.25) is 9.59 Å². The van der Waals surface area contributed by atoms with Crippen molar-refractivity contribution in [2.45, 2.75) is 12.5 Å². The van der Waals surface area contributed by atoms with Crippen LogP contribution >= 0.6 is 15.9 Å². The van der Waals surface area contributed by atoms with Crippen LogP contribution in [0.15, 0.2) is 74.8 Å². The van der Waals surface area contributed by atoms with Crippen LogP contribution in [0.2, 0.25) is 0 Å². The van der Waals surface area contributed by atoms with Crippen LogP contribution in [-0.2, 0) is 4.79 Å². The van der Waals surface area contributed by atoms with E-state index in [-0.39, 0.29) is 11.3 Å². The van der Waals surface area contributed by atoms with Gasteiger partial charge >= 0.3 is 0 Å². The summed E-state index contributed by atoms with van der Waals surface area (Å²) in [7, 11) is 3.93. The van der Waals surface area contributed by atoms with E-state index in [0.29, 0.717) is 18.5 Å². The third kappa shape index (κ3) is 4.16. The Morgan fingerprint density at radius 2 is 1.87 bits per heavy atom. The Bertz CT molecular complexity index is 1130. The minimum Gasteiger partial charge on any atom is -0.503 e. The van der Waals surface area contributed by atoms with Gasteiger partial charge in [0.1, 0.15) is 5.58 Å². The van der Waals surface area contributed by atoms with E-state index in [1.807, 2.05) is 61.5 Å². The van der Waals surface area contributed by atoms with Crippen LogP contribution in [0.3, 0.4) is 0 Å². The lowest BCUT2D eigenvalue weighted by Gasteiger charge is -2.27. The largest absolute Gasteiger partial charge is 0.503 e. The summed E-state index contributed by atoms with van der Waals surface area (Å²) in [6.45, 7) is 1.20. The molecule has 160 valence electrons. The zero-order valence-corrected chi connectivity index (χ0v) is 18.9. The summed E-state index contributed by atoms with van der Waals surface area (Å²) in [5.74, 6) is -1.42. The Balaban J connectivity index is 1.74. The number of carbonyl (C=O) groups is 2. The molecule has 7 heteroatoms. The molecule has 1 atom stereocenters. The average Bonchev–Trinajstić information content (AvgIpc) is 3.28. The highest BCUT2D eigenvalue weighted by atomic mass is 79.9. The van der Waals surface area contributed by atoms with Crippen LogP contribution in [-0.4, -0.2) is 53.8 Å². The molecule has 1 N–H and O–H groups in total. The van der Waals surface area contributed by atoms with Crippen LogP contribution in [0, 0.1) is 0 Å². The Morgan fingerprint density at radius 3 is 2.55 bits per heavy atom. The molecule has 0 fully saturated rings. The zero-order chi connectivity index (χ0) is 22.1. The van der Waals surface area contributed by atoms with Gasteiger partial charge in [-0.15, -0.1) is 0 Å². The molecule has 1 aromatic heterocycles. The van der Waals surface area contributed by atoms with Crippen LogP contribution in [0.5, 0.6) is 0 Å². The second kappa shape index (κ2) is 8.69. The average molecular weight is 483 g/mol. The van der Waals surface area contributed by atoms with E-state index in [0.717, 1.165) is 22.0 Å². The molecule has 31 heavy (non-hydrogen) atoms. The second-order valence-corrected chi connectivity index (χ2v) is 8.77. The number of hydrogen-bond donors (Lipinski definition) is 1. The van der Waals surface area contributed by atoms with Gasteiger partial charge in [0, 0.05) is 16.4 Å². The van der Waals surface area contributed by atoms with Crippen molar-refractivity contribution in [1.29, 1.82) is 0 Å². The molecule has 3 aromatic rings. The third-order valence-electron chi connectivity index (χ3n) is 5.39. The van der Waals surface area contributed by atoms with Crippen molar-refractivity contribution >= 4 is 38.6 Å². The number of ketones is 1. The monoisotopic (exact) mass is 482 g/mol. The highest BCUT2D eigenvalue weighted by Gasteiger charge is 2.44. The summed E-state index contributed by atoms with van der Waals surface area (Å²) in [6, 6.07) is 15.7. The molecule has 0 saturated heterocycles. The van der Waals surface area contributed by atoms with E-state index in [4.69, 9.17) is 4.42 Å². The number of para-hydroxylation sites is 1. The number of nitrogens with zero attached hydrogens (tertiary/aromatic N) is 2. The van der Waals surface area contributed by atoms with Gasteiger partial charge < -0.3 is 19.3 Å². The first-order valence-electron chi connectivity index (χ1n) is 10.0. The summed E-state index contributed by atoms with van der Waals surface area (Å²) < 4.78 is 6.63. The Morgan fingerprint density at radius 1 is 1.16 bits per heavy atom. The van der Waals surface area contributed by atoms with E-state index >= 15 is 0 Å². The number of aliphatic hydroxyl groups excluding tert-OH is 1. The minimum absolute atomic E-state index is 0.0521. The van der Waals surface area contributed by atoms with E-state index < -0.39 is 23.5 Å². The van der Waals surface area contributed by atoms with Crippen molar-refractivity contribution in [3.63, 3.8) is 0 Å². The quantitative estimate of drug-likeness (QED) is 0.492. The number of amides is 1.